The third kappa shape index (κ3) is 2.34. The molecule has 0 heterocycles. The first kappa shape index (κ1) is 15.4. The van der Waals surface area contributed by atoms with E-state index in [1.807, 2.05) is 0 Å². The lowest BCUT2D eigenvalue weighted by Crippen LogP contribution is -2.49. The predicted octanol–water partition coefficient (Wildman–Crippen LogP) is 6.35. The maximum absolute atomic E-state index is 4.31. The highest BCUT2D eigenvalue weighted by atomic mass is 14.6. The van der Waals surface area contributed by atoms with Gasteiger partial charge in [-0.2, -0.15) is 0 Å². The highest BCUT2D eigenvalue weighted by molar-refractivity contribution is 5.35. The van der Waals surface area contributed by atoms with Crippen LogP contribution >= 0.6 is 0 Å². The average molecular weight is 285 g/mol. The van der Waals surface area contributed by atoms with Crippen molar-refractivity contribution in [2.45, 2.75) is 72.6 Å². The van der Waals surface area contributed by atoms with Crippen molar-refractivity contribution in [3.8, 4) is 0 Å². The molecule has 0 bridgehead atoms. The van der Waals surface area contributed by atoms with E-state index in [9.17, 15) is 0 Å². The number of hydrogen-bond acceptors (Lipinski definition) is 0. The Balaban J connectivity index is 1.97. The maximum Gasteiger partial charge on any atom is -0.0105 e. The van der Waals surface area contributed by atoms with Gasteiger partial charge in [0.1, 0.15) is 0 Å². The zero-order valence-electron chi connectivity index (χ0n) is 14.5. The van der Waals surface area contributed by atoms with Gasteiger partial charge < -0.3 is 0 Å². The molecule has 0 spiro atoms. The van der Waals surface area contributed by atoms with Crippen LogP contribution < -0.4 is 0 Å². The lowest BCUT2D eigenvalue weighted by atomic mass is 9.46. The van der Waals surface area contributed by atoms with Crippen LogP contribution in [-0.4, -0.2) is 0 Å². The van der Waals surface area contributed by atoms with Crippen molar-refractivity contribution in [3.63, 3.8) is 0 Å². The molecule has 3 aliphatic carbocycles. The molecule has 1 saturated carbocycles. The molecular formula is C21H33. The molecule has 117 valence electrons. The van der Waals surface area contributed by atoms with Gasteiger partial charge in [-0.15, -0.1) is 0 Å². The molecule has 1 radical (unpaired) electrons. The van der Waals surface area contributed by atoms with Crippen LogP contribution in [0, 0.1) is 35.5 Å². The highest BCUT2D eigenvalue weighted by Crippen LogP contribution is 2.62. The standard InChI is InChI=1S/C21H33/c1-6-20(4)12-7-13-21(5)18-10-8-16(15(2)3)14-17(18)9-11-19(20)21/h9,14-15,18-19H,1,6-8,10-13H2,2-5H3/t18-,19-,20+,21+/m0/s1. The van der Waals surface area contributed by atoms with Crippen molar-refractivity contribution in [1.29, 1.82) is 0 Å². The molecule has 0 heteroatoms. The molecule has 0 aromatic heterocycles. The zero-order chi connectivity index (χ0) is 15.3. The zero-order valence-corrected chi connectivity index (χ0v) is 14.5. The molecule has 0 nitrogen and oxygen atoms in total. The molecule has 0 aromatic rings. The summed E-state index contributed by atoms with van der Waals surface area (Å²) in [6.07, 6.45) is 14.5. The number of fused-ring (bicyclic) bond motifs is 3. The molecule has 1 fully saturated rings. The molecule has 3 rings (SSSR count). The van der Waals surface area contributed by atoms with Gasteiger partial charge in [0, 0.05) is 0 Å². The Morgan fingerprint density at radius 1 is 1.29 bits per heavy atom. The van der Waals surface area contributed by atoms with Crippen LogP contribution in [0.25, 0.3) is 0 Å². The lowest BCUT2D eigenvalue weighted by molar-refractivity contribution is -0.0475. The van der Waals surface area contributed by atoms with Crippen LogP contribution in [0.2, 0.25) is 0 Å². The first-order chi connectivity index (χ1) is 9.90. The topological polar surface area (TPSA) is 0 Å². The Kier molecular flexibility index (Phi) is 3.87. The minimum absolute atomic E-state index is 0.469. The molecule has 3 aliphatic rings. The van der Waals surface area contributed by atoms with E-state index in [0.29, 0.717) is 16.7 Å². The first-order valence-electron chi connectivity index (χ1n) is 9.10. The SMILES string of the molecule is [CH2]C[C@]1(C)CCC[C@]2(C)[C@H]3CCC(C(C)C)=CC3=CC[C@@H]12. The van der Waals surface area contributed by atoms with E-state index in [1.54, 1.807) is 11.1 Å². The summed E-state index contributed by atoms with van der Waals surface area (Å²) < 4.78 is 0. The van der Waals surface area contributed by atoms with Gasteiger partial charge in [0.05, 0.1) is 0 Å². The van der Waals surface area contributed by atoms with Crippen molar-refractivity contribution >= 4 is 0 Å². The smallest absolute Gasteiger partial charge is 0.0105 e. The molecular weight excluding hydrogens is 252 g/mol. The maximum atomic E-state index is 4.31. The van der Waals surface area contributed by atoms with Crippen molar-refractivity contribution < 1.29 is 0 Å². The Bertz CT molecular complexity index is 466. The quantitative estimate of drug-likeness (QED) is 0.555. The minimum Gasteiger partial charge on any atom is -0.0807 e. The molecule has 4 atom stereocenters. The van der Waals surface area contributed by atoms with E-state index >= 15 is 0 Å². The van der Waals surface area contributed by atoms with E-state index in [0.717, 1.165) is 18.3 Å². The van der Waals surface area contributed by atoms with E-state index in [2.05, 4.69) is 46.8 Å². The third-order valence-corrected chi connectivity index (χ3v) is 7.27. The van der Waals surface area contributed by atoms with E-state index in [1.165, 1.54) is 38.5 Å². The summed E-state index contributed by atoms with van der Waals surface area (Å²) in [4.78, 5) is 0. The molecule has 0 N–H and O–H groups in total. The van der Waals surface area contributed by atoms with Gasteiger partial charge in [0.25, 0.3) is 0 Å². The normalized spacial score (nSPS) is 43.0. The fourth-order valence-electron chi connectivity index (χ4n) is 5.77. The van der Waals surface area contributed by atoms with Crippen molar-refractivity contribution in [1.82, 2.24) is 0 Å². The van der Waals surface area contributed by atoms with E-state index in [4.69, 9.17) is 0 Å². The van der Waals surface area contributed by atoms with Gasteiger partial charge in [-0.1, -0.05) is 58.8 Å². The number of rotatable bonds is 2. The fourth-order valence-corrected chi connectivity index (χ4v) is 5.77. The summed E-state index contributed by atoms with van der Waals surface area (Å²) in [5, 5.41) is 0. The summed E-state index contributed by atoms with van der Waals surface area (Å²) in [6.45, 7) is 14.1. The summed E-state index contributed by atoms with van der Waals surface area (Å²) >= 11 is 0. The van der Waals surface area contributed by atoms with Crippen LogP contribution in [0.4, 0.5) is 0 Å². The van der Waals surface area contributed by atoms with Gasteiger partial charge in [0.2, 0.25) is 0 Å². The third-order valence-electron chi connectivity index (χ3n) is 7.27. The lowest BCUT2D eigenvalue weighted by Gasteiger charge is -2.58. The number of allylic oxidation sites excluding steroid dienone is 4. The van der Waals surface area contributed by atoms with Crippen LogP contribution in [0.3, 0.4) is 0 Å². The van der Waals surface area contributed by atoms with Crippen molar-refractivity contribution in [3.05, 3.63) is 30.2 Å². The molecule has 21 heavy (non-hydrogen) atoms. The second kappa shape index (κ2) is 5.28. The Morgan fingerprint density at radius 2 is 2.05 bits per heavy atom. The second-order valence-electron chi connectivity index (χ2n) is 8.72. The highest BCUT2D eigenvalue weighted by Gasteiger charge is 2.53. The molecule has 0 unspecified atom stereocenters. The molecule has 0 aliphatic heterocycles. The largest absolute Gasteiger partial charge is 0.0807 e. The summed E-state index contributed by atoms with van der Waals surface area (Å²) in [5.74, 6) is 2.37. The van der Waals surface area contributed by atoms with Gasteiger partial charge in [-0.25, -0.2) is 0 Å². The van der Waals surface area contributed by atoms with Gasteiger partial charge in [0.15, 0.2) is 0 Å². The molecule has 0 aromatic carbocycles. The van der Waals surface area contributed by atoms with Gasteiger partial charge >= 0.3 is 0 Å². The fraction of sp³-hybridized carbons (Fsp3) is 0.762. The average Bonchev–Trinajstić information content (AvgIpc) is 2.46. The molecule has 0 saturated heterocycles. The van der Waals surface area contributed by atoms with E-state index < -0.39 is 0 Å². The van der Waals surface area contributed by atoms with E-state index in [-0.39, 0.29) is 0 Å². The number of hydrogen-bond donors (Lipinski definition) is 0. The van der Waals surface area contributed by atoms with Crippen LogP contribution in [0.15, 0.2) is 23.3 Å². The molecule has 0 amide bonds. The first-order valence-corrected chi connectivity index (χ1v) is 9.10. The van der Waals surface area contributed by atoms with Crippen LogP contribution in [-0.2, 0) is 0 Å². The van der Waals surface area contributed by atoms with Gasteiger partial charge in [-0.05, 0) is 72.7 Å². The van der Waals surface area contributed by atoms with Crippen molar-refractivity contribution in [2.24, 2.45) is 28.6 Å². The Labute approximate surface area is 132 Å². The monoisotopic (exact) mass is 285 g/mol. The van der Waals surface area contributed by atoms with Crippen LogP contribution in [0.1, 0.15) is 72.6 Å². The Hall–Kier alpha value is -0.520. The van der Waals surface area contributed by atoms with Crippen LogP contribution in [0.5, 0.6) is 0 Å². The summed E-state index contributed by atoms with van der Waals surface area (Å²) in [6, 6.07) is 0. The second-order valence-corrected chi connectivity index (χ2v) is 8.72. The Morgan fingerprint density at radius 3 is 2.71 bits per heavy atom. The van der Waals surface area contributed by atoms with Crippen molar-refractivity contribution in [2.75, 3.05) is 0 Å². The minimum atomic E-state index is 0.469. The van der Waals surface area contributed by atoms with Gasteiger partial charge in [-0.3, -0.25) is 0 Å². The predicted molar refractivity (Wildman–Crippen MR) is 91.9 cm³/mol. The summed E-state index contributed by atoms with van der Waals surface area (Å²) in [7, 11) is 0. The summed E-state index contributed by atoms with van der Waals surface area (Å²) in [5.41, 5.74) is 4.34.